The molecule has 0 aromatic carbocycles. The summed E-state index contributed by atoms with van der Waals surface area (Å²) in [6.45, 7) is 5.83. The number of nitrogens with zero attached hydrogens (tertiary/aromatic N) is 1. The van der Waals surface area contributed by atoms with E-state index in [-0.39, 0.29) is 5.97 Å². The monoisotopic (exact) mass is 213 g/mol. The highest BCUT2D eigenvalue weighted by Crippen LogP contribution is 2.21. The summed E-state index contributed by atoms with van der Waals surface area (Å²) in [7, 11) is 1.46. The number of carbonyl (C=O) groups is 1. The quantitative estimate of drug-likeness (QED) is 0.655. The molecule has 0 aliphatic carbocycles. The van der Waals surface area contributed by atoms with Crippen molar-refractivity contribution in [1.82, 2.24) is 4.90 Å². The number of methoxy groups -OCH3 is 1. The van der Waals surface area contributed by atoms with Gasteiger partial charge in [-0.3, -0.25) is 4.79 Å². The molecule has 15 heavy (non-hydrogen) atoms. The molecule has 0 bridgehead atoms. The van der Waals surface area contributed by atoms with Gasteiger partial charge in [0.15, 0.2) is 0 Å². The minimum absolute atomic E-state index is 0.0670. The third-order valence-corrected chi connectivity index (χ3v) is 3.13. The van der Waals surface area contributed by atoms with Crippen LogP contribution >= 0.6 is 0 Å². The second-order valence-corrected chi connectivity index (χ2v) is 4.42. The van der Waals surface area contributed by atoms with Gasteiger partial charge < -0.3 is 9.64 Å². The van der Waals surface area contributed by atoms with Gasteiger partial charge in [-0.1, -0.05) is 6.92 Å². The van der Waals surface area contributed by atoms with E-state index in [9.17, 15) is 4.79 Å². The lowest BCUT2D eigenvalue weighted by Crippen LogP contribution is -2.36. The first-order valence-electron chi connectivity index (χ1n) is 6.05. The molecule has 3 heteroatoms. The Morgan fingerprint density at radius 3 is 3.00 bits per heavy atom. The van der Waals surface area contributed by atoms with Crippen LogP contribution in [0.3, 0.4) is 0 Å². The smallest absolute Gasteiger partial charge is 0.305 e. The molecule has 1 unspecified atom stereocenters. The molecule has 0 amide bonds. The second kappa shape index (κ2) is 6.83. The van der Waals surface area contributed by atoms with Crippen molar-refractivity contribution >= 4 is 5.97 Å². The summed E-state index contributed by atoms with van der Waals surface area (Å²) >= 11 is 0. The molecular formula is C12H23NO2. The zero-order chi connectivity index (χ0) is 11.1. The molecule has 88 valence electrons. The van der Waals surface area contributed by atoms with Gasteiger partial charge in [-0.05, 0) is 44.7 Å². The molecule has 1 saturated heterocycles. The summed E-state index contributed by atoms with van der Waals surface area (Å²) in [5.41, 5.74) is 0. The summed E-state index contributed by atoms with van der Waals surface area (Å²) in [4.78, 5) is 13.5. The number of esters is 1. The van der Waals surface area contributed by atoms with Crippen molar-refractivity contribution in [3.8, 4) is 0 Å². The van der Waals surface area contributed by atoms with E-state index in [0.29, 0.717) is 12.3 Å². The molecule has 1 heterocycles. The van der Waals surface area contributed by atoms with Crippen LogP contribution in [-0.2, 0) is 9.53 Å². The normalized spacial score (nSPS) is 22.7. The highest BCUT2D eigenvalue weighted by Gasteiger charge is 2.19. The maximum Gasteiger partial charge on any atom is 0.305 e. The van der Waals surface area contributed by atoms with Gasteiger partial charge in [-0.15, -0.1) is 0 Å². The van der Waals surface area contributed by atoms with Gasteiger partial charge in [0.25, 0.3) is 0 Å². The Labute approximate surface area is 92.8 Å². The zero-order valence-corrected chi connectivity index (χ0v) is 10.00. The maximum absolute atomic E-state index is 11.0. The molecule has 0 spiro atoms. The van der Waals surface area contributed by atoms with Crippen LogP contribution in [0.1, 0.15) is 39.0 Å². The van der Waals surface area contributed by atoms with Crippen molar-refractivity contribution < 1.29 is 9.53 Å². The van der Waals surface area contributed by atoms with Gasteiger partial charge in [0.05, 0.1) is 7.11 Å². The average molecular weight is 213 g/mol. The molecule has 1 atom stereocenters. The fourth-order valence-electron chi connectivity index (χ4n) is 2.33. The first-order valence-corrected chi connectivity index (χ1v) is 6.05. The van der Waals surface area contributed by atoms with E-state index in [1.165, 1.54) is 46.0 Å². The van der Waals surface area contributed by atoms with E-state index in [4.69, 9.17) is 0 Å². The number of hydrogen-bond donors (Lipinski definition) is 0. The number of ether oxygens (including phenoxy) is 1. The second-order valence-electron chi connectivity index (χ2n) is 4.42. The SMILES string of the molecule is CCCN1CCCC(CCC(=O)OC)C1. The number of piperidine rings is 1. The first kappa shape index (κ1) is 12.5. The van der Waals surface area contributed by atoms with E-state index in [0.717, 1.165) is 6.42 Å². The van der Waals surface area contributed by atoms with Crippen molar-refractivity contribution in [2.45, 2.75) is 39.0 Å². The maximum atomic E-state index is 11.0. The van der Waals surface area contributed by atoms with Gasteiger partial charge in [-0.25, -0.2) is 0 Å². The largest absolute Gasteiger partial charge is 0.469 e. The van der Waals surface area contributed by atoms with Gasteiger partial charge >= 0.3 is 5.97 Å². The highest BCUT2D eigenvalue weighted by atomic mass is 16.5. The van der Waals surface area contributed by atoms with Crippen LogP contribution in [0.5, 0.6) is 0 Å². The van der Waals surface area contributed by atoms with Crippen LogP contribution in [0.2, 0.25) is 0 Å². The standard InChI is InChI=1S/C12H23NO2/c1-3-8-13-9-4-5-11(10-13)6-7-12(14)15-2/h11H,3-10H2,1-2H3. The van der Waals surface area contributed by atoms with Crippen LogP contribution in [-0.4, -0.2) is 37.6 Å². The molecule has 0 aromatic heterocycles. The predicted molar refractivity (Wildman–Crippen MR) is 60.7 cm³/mol. The van der Waals surface area contributed by atoms with E-state index in [2.05, 4.69) is 16.6 Å². The zero-order valence-electron chi connectivity index (χ0n) is 10.00. The minimum Gasteiger partial charge on any atom is -0.469 e. The van der Waals surface area contributed by atoms with Gasteiger partial charge in [0.2, 0.25) is 0 Å². The topological polar surface area (TPSA) is 29.5 Å². The van der Waals surface area contributed by atoms with Gasteiger partial charge in [-0.2, -0.15) is 0 Å². The average Bonchev–Trinajstić information content (AvgIpc) is 2.27. The molecule has 1 rings (SSSR count). The first-order chi connectivity index (χ1) is 7.26. The summed E-state index contributed by atoms with van der Waals surface area (Å²) in [5.74, 6) is 0.631. The van der Waals surface area contributed by atoms with Crippen LogP contribution in [0, 0.1) is 5.92 Å². The van der Waals surface area contributed by atoms with Crippen molar-refractivity contribution in [1.29, 1.82) is 0 Å². The lowest BCUT2D eigenvalue weighted by atomic mass is 9.93. The molecule has 0 N–H and O–H groups in total. The Morgan fingerprint density at radius 2 is 2.33 bits per heavy atom. The van der Waals surface area contributed by atoms with Crippen LogP contribution in [0.15, 0.2) is 0 Å². The molecule has 3 nitrogen and oxygen atoms in total. The summed E-state index contributed by atoms with van der Waals surface area (Å²) in [5, 5.41) is 0. The molecule has 0 saturated carbocycles. The van der Waals surface area contributed by atoms with Crippen molar-refractivity contribution in [2.24, 2.45) is 5.92 Å². The molecule has 1 fully saturated rings. The van der Waals surface area contributed by atoms with Gasteiger partial charge in [0.1, 0.15) is 0 Å². The molecule has 1 aliphatic heterocycles. The van der Waals surface area contributed by atoms with Crippen LogP contribution in [0.4, 0.5) is 0 Å². The van der Waals surface area contributed by atoms with E-state index >= 15 is 0 Å². The van der Waals surface area contributed by atoms with Crippen LogP contribution < -0.4 is 0 Å². The fourth-order valence-corrected chi connectivity index (χ4v) is 2.33. The van der Waals surface area contributed by atoms with Crippen molar-refractivity contribution in [3.63, 3.8) is 0 Å². The fraction of sp³-hybridized carbons (Fsp3) is 0.917. The summed E-state index contributed by atoms with van der Waals surface area (Å²) in [6, 6.07) is 0. The molecular weight excluding hydrogens is 190 g/mol. The number of rotatable bonds is 5. The van der Waals surface area contributed by atoms with Crippen LogP contribution in [0.25, 0.3) is 0 Å². The van der Waals surface area contributed by atoms with E-state index in [1.807, 2.05) is 0 Å². The van der Waals surface area contributed by atoms with Crippen molar-refractivity contribution in [3.05, 3.63) is 0 Å². The Morgan fingerprint density at radius 1 is 1.53 bits per heavy atom. The Kier molecular flexibility index (Phi) is 5.69. The predicted octanol–water partition coefficient (Wildman–Crippen LogP) is 2.06. The summed E-state index contributed by atoms with van der Waals surface area (Å²) < 4.78 is 4.66. The third kappa shape index (κ3) is 4.65. The number of likely N-dealkylation sites (tertiary alicyclic amines) is 1. The number of hydrogen-bond acceptors (Lipinski definition) is 3. The summed E-state index contributed by atoms with van der Waals surface area (Å²) in [6.07, 6.45) is 5.36. The van der Waals surface area contributed by atoms with E-state index in [1.54, 1.807) is 0 Å². The molecule has 0 aromatic rings. The van der Waals surface area contributed by atoms with Gasteiger partial charge in [0, 0.05) is 13.0 Å². The Hall–Kier alpha value is -0.570. The molecule has 0 radical (unpaired) electrons. The number of carbonyl (C=O) groups excluding carboxylic acids is 1. The van der Waals surface area contributed by atoms with E-state index < -0.39 is 0 Å². The third-order valence-electron chi connectivity index (χ3n) is 3.13. The highest BCUT2D eigenvalue weighted by molar-refractivity contribution is 5.69. The Balaban J connectivity index is 2.21. The van der Waals surface area contributed by atoms with Crippen molar-refractivity contribution in [2.75, 3.05) is 26.7 Å². The lowest BCUT2D eigenvalue weighted by molar-refractivity contribution is -0.141. The lowest BCUT2D eigenvalue weighted by Gasteiger charge is -2.32. The molecule has 1 aliphatic rings. The Bertz CT molecular complexity index is 192. The minimum atomic E-state index is -0.0670.